The number of para-hydroxylation sites is 2. The summed E-state index contributed by atoms with van der Waals surface area (Å²) in [4.78, 5) is 56.4. The number of ether oxygens (including phenoxy) is 3. The number of aromatic nitrogens is 4. The van der Waals surface area contributed by atoms with E-state index in [1.807, 2.05) is 74.5 Å². The van der Waals surface area contributed by atoms with Crippen LogP contribution in [-0.4, -0.2) is 57.7 Å². The molecule has 4 heterocycles. The smallest absolute Gasteiger partial charge is 0.349 e. The predicted molar refractivity (Wildman–Crippen MR) is 192 cm³/mol. The minimum Gasteiger partial charge on any atom is -0.462 e. The van der Waals surface area contributed by atoms with Gasteiger partial charge in [-0.15, -0.1) is 22.7 Å². The van der Waals surface area contributed by atoms with E-state index in [0.29, 0.717) is 39.2 Å². The number of hydrogen-bond donors (Lipinski definition) is 2. The Hall–Kier alpha value is -5.47. The Kier molecular flexibility index (Phi) is 11.4. The molecule has 49 heavy (non-hydrogen) atoms. The van der Waals surface area contributed by atoms with Crippen LogP contribution in [0.5, 0.6) is 0 Å². The van der Waals surface area contributed by atoms with Gasteiger partial charge in [0.25, 0.3) is 0 Å². The molecule has 0 aliphatic heterocycles. The topological polar surface area (TPSA) is 155 Å². The number of nitrogens with zero attached hydrogens (tertiary/aromatic N) is 4. The third-order valence-electron chi connectivity index (χ3n) is 6.86. The van der Waals surface area contributed by atoms with Crippen molar-refractivity contribution < 1.29 is 28.6 Å². The highest BCUT2D eigenvalue weighted by Crippen LogP contribution is 2.37. The van der Waals surface area contributed by atoms with E-state index in [4.69, 9.17) is 14.2 Å². The molecule has 2 aromatic carbocycles. The van der Waals surface area contributed by atoms with Gasteiger partial charge in [0.1, 0.15) is 43.2 Å². The number of esters is 3. The van der Waals surface area contributed by atoms with Crippen molar-refractivity contribution in [2.75, 3.05) is 30.5 Å². The standard InChI is InChI=1S/C18H17N3O4S.C17H17N3O2S/c1-3-24-17(22)12-13-15(21-11-8-6-5-7-9-11)19-10-20-16(13)26-14(12)18(23)25-4-2;1-4-22-17(21)14-10(2)13-15(18-11(3)19-16(13)23-14)20-12-8-6-5-7-9-12/h5-10H,3-4H2,1-2H3,(H,19,20,21);5-9H,4H2,1-3H3,(H,18,19,20). The van der Waals surface area contributed by atoms with E-state index in [9.17, 15) is 14.4 Å². The molecule has 12 nitrogen and oxygen atoms in total. The van der Waals surface area contributed by atoms with Crippen molar-refractivity contribution >= 4 is 84.0 Å². The molecule has 0 radical (unpaired) electrons. The summed E-state index contributed by atoms with van der Waals surface area (Å²) in [6, 6.07) is 19.2. The van der Waals surface area contributed by atoms with Crippen LogP contribution in [0.25, 0.3) is 20.4 Å². The normalized spacial score (nSPS) is 10.6. The van der Waals surface area contributed by atoms with Gasteiger partial charge in [-0.3, -0.25) is 0 Å². The predicted octanol–water partition coefficient (Wildman–Crippen LogP) is 8.02. The van der Waals surface area contributed by atoms with Crippen LogP contribution in [0, 0.1) is 13.8 Å². The highest BCUT2D eigenvalue weighted by atomic mass is 32.1. The molecule has 0 fully saturated rings. The number of carbonyl (C=O) groups is 3. The van der Waals surface area contributed by atoms with Crippen LogP contribution in [0.1, 0.15) is 61.9 Å². The molecule has 0 spiro atoms. The molecular formula is C35H34N6O6S2. The third-order valence-corrected chi connectivity index (χ3v) is 9.11. The Morgan fingerprint density at radius 2 is 1.16 bits per heavy atom. The van der Waals surface area contributed by atoms with Gasteiger partial charge in [-0.2, -0.15) is 0 Å². The lowest BCUT2D eigenvalue weighted by Gasteiger charge is -2.08. The minimum atomic E-state index is -0.604. The second kappa shape index (κ2) is 16.1. The fourth-order valence-corrected chi connectivity index (χ4v) is 6.95. The van der Waals surface area contributed by atoms with Gasteiger partial charge in [-0.25, -0.2) is 34.3 Å². The van der Waals surface area contributed by atoms with Gasteiger partial charge in [0.15, 0.2) is 0 Å². The molecular weight excluding hydrogens is 665 g/mol. The van der Waals surface area contributed by atoms with Crippen LogP contribution in [0.3, 0.4) is 0 Å². The molecule has 0 saturated carbocycles. The first-order valence-electron chi connectivity index (χ1n) is 15.5. The molecule has 0 amide bonds. The summed E-state index contributed by atoms with van der Waals surface area (Å²) in [5, 5.41) is 7.80. The summed E-state index contributed by atoms with van der Waals surface area (Å²) in [7, 11) is 0. The summed E-state index contributed by atoms with van der Waals surface area (Å²) < 4.78 is 15.4. The molecule has 6 rings (SSSR count). The number of aryl methyl sites for hydroxylation is 2. The lowest BCUT2D eigenvalue weighted by molar-refractivity contribution is 0.0485. The highest BCUT2D eigenvalue weighted by Gasteiger charge is 2.29. The van der Waals surface area contributed by atoms with E-state index in [2.05, 4.69) is 30.6 Å². The summed E-state index contributed by atoms with van der Waals surface area (Å²) >= 11 is 2.43. The average molecular weight is 699 g/mol. The van der Waals surface area contributed by atoms with Crippen molar-refractivity contribution in [1.82, 2.24) is 19.9 Å². The number of anilines is 4. The zero-order chi connectivity index (χ0) is 34.9. The lowest BCUT2D eigenvalue weighted by Crippen LogP contribution is -2.12. The third kappa shape index (κ3) is 7.99. The molecule has 4 aromatic heterocycles. The van der Waals surface area contributed by atoms with Crippen molar-refractivity contribution in [3.8, 4) is 0 Å². The minimum absolute atomic E-state index is 0.129. The zero-order valence-corrected chi connectivity index (χ0v) is 29.2. The van der Waals surface area contributed by atoms with Crippen LogP contribution in [-0.2, 0) is 14.2 Å². The van der Waals surface area contributed by atoms with Crippen molar-refractivity contribution in [3.05, 3.63) is 93.7 Å². The number of thiophene rings is 2. The Bertz CT molecular complexity index is 2100. The Balaban J connectivity index is 0.000000192. The van der Waals surface area contributed by atoms with Crippen molar-refractivity contribution in [3.63, 3.8) is 0 Å². The highest BCUT2D eigenvalue weighted by molar-refractivity contribution is 7.21. The second-order valence-electron chi connectivity index (χ2n) is 10.2. The van der Waals surface area contributed by atoms with E-state index in [0.717, 1.165) is 38.5 Å². The quantitative estimate of drug-likeness (QED) is 0.105. The van der Waals surface area contributed by atoms with E-state index < -0.39 is 11.9 Å². The Labute approximate surface area is 290 Å². The summed E-state index contributed by atoms with van der Waals surface area (Å²) in [5.41, 5.74) is 2.72. The molecule has 252 valence electrons. The maximum absolute atomic E-state index is 12.5. The van der Waals surface area contributed by atoms with Crippen LogP contribution in [0.2, 0.25) is 0 Å². The Morgan fingerprint density at radius 3 is 1.76 bits per heavy atom. The van der Waals surface area contributed by atoms with E-state index in [-0.39, 0.29) is 29.6 Å². The molecule has 6 aromatic rings. The fourth-order valence-electron chi connectivity index (χ4n) is 4.81. The van der Waals surface area contributed by atoms with Gasteiger partial charge < -0.3 is 24.8 Å². The SMILES string of the molecule is CCOC(=O)c1sc2nc(C)nc(Nc3ccccc3)c2c1C.CCOC(=O)c1sc2ncnc(Nc3ccccc3)c2c1C(=O)OCC. The van der Waals surface area contributed by atoms with Crippen LogP contribution in [0.15, 0.2) is 67.0 Å². The van der Waals surface area contributed by atoms with Gasteiger partial charge in [0.2, 0.25) is 0 Å². The molecule has 0 atom stereocenters. The van der Waals surface area contributed by atoms with Crippen molar-refractivity contribution in [1.29, 1.82) is 0 Å². The van der Waals surface area contributed by atoms with Crippen molar-refractivity contribution in [2.45, 2.75) is 34.6 Å². The lowest BCUT2D eigenvalue weighted by atomic mass is 10.1. The zero-order valence-electron chi connectivity index (χ0n) is 27.5. The molecule has 0 saturated heterocycles. The number of carbonyl (C=O) groups excluding carboxylic acids is 3. The first kappa shape index (κ1) is 34.9. The monoisotopic (exact) mass is 698 g/mol. The van der Waals surface area contributed by atoms with Crippen LogP contribution < -0.4 is 10.6 Å². The summed E-state index contributed by atoms with van der Waals surface area (Å²) in [6.45, 7) is 9.70. The molecule has 0 aliphatic carbocycles. The van der Waals surface area contributed by atoms with Gasteiger partial charge >= 0.3 is 17.9 Å². The van der Waals surface area contributed by atoms with Gasteiger partial charge in [0, 0.05) is 11.4 Å². The number of nitrogens with one attached hydrogen (secondary N) is 2. The fraction of sp³-hybridized carbons (Fsp3) is 0.229. The number of benzene rings is 2. The van der Waals surface area contributed by atoms with E-state index in [1.54, 1.807) is 20.8 Å². The molecule has 2 N–H and O–H groups in total. The second-order valence-corrected chi connectivity index (χ2v) is 12.2. The summed E-state index contributed by atoms with van der Waals surface area (Å²) in [6.07, 6.45) is 1.38. The maximum atomic E-state index is 12.5. The molecule has 14 heteroatoms. The van der Waals surface area contributed by atoms with Crippen LogP contribution in [0.4, 0.5) is 23.0 Å². The maximum Gasteiger partial charge on any atom is 0.349 e. The molecule has 0 unspecified atom stereocenters. The van der Waals surface area contributed by atoms with E-state index in [1.165, 1.54) is 17.7 Å². The number of fused-ring (bicyclic) bond motifs is 2. The van der Waals surface area contributed by atoms with Gasteiger partial charge in [-0.1, -0.05) is 36.4 Å². The first-order valence-corrected chi connectivity index (χ1v) is 17.1. The molecule has 0 bridgehead atoms. The van der Waals surface area contributed by atoms with Crippen LogP contribution >= 0.6 is 22.7 Å². The van der Waals surface area contributed by atoms with Crippen molar-refractivity contribution in [2.24, 2.45) is 0 Å². The van der Waals surface area contributed by atoms with E-state index >= 15 is 0 Å². The van der Waals surface area contributed by atoms with Gasteiger partial charge in [0.05, 0.1) is 36.2 Å². The largest absolute Gasteiger partial charge is 0.462 e. The first-order chi connectivity index (χ1) is 23.7. The summed E-state index contributed by atoms with van der Waals surface area (Å²) in [5.74, 6) is 0.305. The molecule has 0 aliphatic rings. The average Bonchev–Trinajstić information content (AvgIpc) is 3.65. The Morgan fingerprint density at radius 1 is 0.633 bits per heavy atom. The number of hydrogen-bond acceptors (Lipinski definition) is 14. The van der Waals surface area contributed by atoms with Gasteiger partial charge in [-0.05, 0) is 64.4 Å². The number of rotatable bonds is 10.